The fourth-order valence-electron chi connectivity index (χ4n) is 3.50. The van der Waals surface area contributed by atoms with E-state index in [1.54, 1.807) is 0 Å². The van der Waals surface area contributed by atoms with Crippen molar-refractivity contribution < 1.29 is 4.79 Å². The number of piperidine rings is 3. The molecule has 18 heavy (non-hydrogen) atoms. The molecule has 0 aliphatic carbocycles. The molecule has 0 saturated carbocycles. The topological polar surface area (TPSA) is 20.3 Å². The highest BCUT2D eigenvalue weighted by atomic mass is 16.1. The van der Waals surface area contributed by atoms with E-state index in [9.17, 15) is 4.79 Å². The molecule has 1 aromatic rings. The fraction of sp³-hybridized carbons (Fsp3) is 0.562. The average Bonchev–Trinajstić information content (AvgIpc) is 2.47. The van der Waals surface area contributed by atoms with E-state index < -0.39 is 0 Å². The number of aryl methyl sites for hydroxylation is 1. The molecule has 1 atom stereocenters. The van der Waals surface area contributed by atoms with Crippen molar-refractivity contribution in [3.05, 3.63) is 35.4 Å². The molecule has 3 aliphatic rings. The Morgan fingerprint density at radius 3 is 2.44 bits per heavy atom. The summed E-state index contributed by atoms with van der Waals surface area (Å²) in [5, 5.41) is 0. The Bertz CT molecular complexity index is 404. The van der Waals surface area contributed by atoms with Gasteiger partial charge in [-0.3, -0.25) is 0 Å². The van der Waals surface area contributed by atoms with Crippen molar-refractivity contribution >= 4 is 6.29 Å². The molecule has 3 saturated heterocycles. The van der Waals surface area contributed by atoms with E-state index in [-0.39, 0.29) is 0 Å². The zero-order valence-corrected chi connectivity index (χ0v) is 10.8. The highest BCUT2D eigenvalue weighted by Gasteiger charge is 2.34. The molecule has 0 amide bonds. The van der Waals surface area contributed by atoms with Crippen molar-refractivity contribution in [1.29, 1.82) is 0 Å². The lowest BCUT2D eigenvalue weighted by Crippen LogP contribution is -2.46. The van der Waals surface area contributed by atoms with Gasteiger partial charge in [-0.15, -0.1) is 0 Å². The summed E-state index contributed by atoms with van der Waals surface area (Å²) in [5.74, 6) is 1.64. The van der Waals surface area contributed by atoms with Crippen molar-refractivity contribution in [3.8, 4) is 0 Å². The molecule has 1 aromatic carbocycles. The van der Waals surface area contributed by atoms with E-state index in [4.69, 9.17) is 0 Å². The molecule has 1 unspecified atom stereocenters. The SMILES string of the molecule is O=CCCc1ccc(C2CN3CCC2CC3)cc1. The number of fused-ring (bicyclic) bond motifs is 3. The van der Waals surface area contributed by atoms with Crippen LogP contribution < -0.4 is 0 Å². The molecule has 0 aromatic heterocycles. The van der Waals surface area contributed by atoms with Gasteiger partial charge in [0.2, 0.25) is 0 Å². The number of benzene rings is 1. The second kappa shape index (κ2) is 5.23. The predicted molar refractivity (Wildman–Crippen MR) is 72.7 cm³/mol. The van der Waals surface area contributed by atoms with Gasteiger partial charge in [-0.05, 0) is 55.3 Å². The first-order valence-corrected chi connectivity index (χ1v) is 7.11. The molecule has 2 bridgehead atoms. The maximum absolute atomic E-state index is 10.4. The van der Waals surface area contributed by atoms with Crippen LogP contribution in [0.2, 0.25) is 0 Å². The number of carbonyl (C=O) groups excluding carboxylic acids is 1. The molecule has 2 heteroatoms. The summed E-state index contributed by atoms with van der Waals surface area (Å²) in [6.45, 7) is 3.86. The van der Waals surface area contributed by atoms with E-state index >= 15 is 0 Å². The summed E-state index contributed by atoms with van der Waals surface area (Å²) < 4.78 is 0. The molecule has 3 aliphatic heterocycles. The minimum atomic E-state index is 0.638. The van der Waals surface area contributed by atoms with Crippen molar-refractivity contribution in [2.24, 2.45) is 5.92 Å². The number of hydrogen-bond donors (Lipinski definition) is 0. The summed E-state index contributed by atoms with van der Waals surface area (Å²) in [5.41, 5.74) is 2.78. The molecule has 96 valence electrons. The summed E-state index contributed by atoms with van der Waals surface area (Å²) in [6, 6.07) is 8.98. The molecule has 2 nitrogen and oxygen atoms in total. The Labute approximate surface area is 109 Å². The lowest BCUT2D eigenvalue weighted by atomic mass is 9.75. The largest absolute Gasteiger partial charge is 0.303 e. The Morgan fingerprint density at radius 2 is 1.89 bits per heavy atom. The maximum atomic E-state index is 10.4. The summed E-state index contributed by atoms with van der Waals surface area (Å²) in [4.78, 5) is 13.0. The molecule has 4 rings (SSSR count). The number of carbonyl (C=O) groups is 1. The number of rotatable bonds is 4. The molecular weight excluding hydrogens is 222 g/mol. The second-order valence-corrected chi connectivity index (χ2v) is 5.69. The van der Waals surface area contributed by atoms with Gasteiger partial charge in [0.15, 0.2) is 0 Å². The Hall–Kier alpha value is -1.15. The first kappa shape index (κ1) is 11.9. The molecule has 3 heterocycles. The van der Waals surface area contributed by atoms with Gasteiger partial charge in [-0.1, -0.05) is 24.3 Å². The van der Waals surface area contributed by atoms with Gasteiger partial charge < -0.3 is 9.69 Å². The minimum absolute atomic E-state index is 0.638. The van der Waals surface area contributed by atoms with Crippen molar-refractivity contribution in [3.63, 3.8) is 0 Å². The fourth-order valence-corrected chi connectivity index (χ4v) is 3.50. The first-order valence-electron chi connectivity index (χ1n) is 7.11. The zero-order chi connectivity index (χ0) is 12.4. The average molecular weight is 243 g/mol. The van der Waals surface area contributed by atoms with E-state index in [0.717, 1.165) is 24.5 Å². The van der Waals surface area contributed by atoms with Crippen LogP contribution in [0.15, 0.2) is 24.3 Å². The van der Waals surface area contributed by atoms with E-state index in [1.165, 1.54) is 43.6 Å². The van der Waals surface area contributed by atoms with Crippen molar-refractivity contribution in [1.82, 2.24) is 4.90 Å². The van der Waals surface area contributed by atoms with Crippen molar-refractivity contribution in [2.45, 2.75) is 31.6 Å². The van der Waals surface area contributed by atoms with Gasteiger partial charge in [0.1, 0.15) is 6.29 Å². The van der Waals surface area contributed by atoms with Crippen LogP contribution in [0.1, 0.15) is 36.3 Å². The monoisotopic (exact) mass is 243 g/mol. The Morgan fingerprint density at radius 1 is 1.17 bits per heavy atom. The predicted octanol–water partition coefficient (Wildman–Crippen LogP) is 2.63. The smallest absolute Gasteiger partial charge is 0.120 e. The molecule has 3 fully saturated rings. The zero-order valence-electron chi connectivity index (χ0n) is 10.8. The van der Waals surface area contributed by atoms with Crippen LogP contribution in [-0.2, 0) is 11.2 Å². The van der Waals surface area contributed by atoms with Gasteiger partial charge in [-0.25, -0.2) is 0 Å². The van der Waals surface area contributed by atoms with Crippen LogP contribution in [-0.4, -0.2) is 30.8 Å². The van der Waals surface area contributed by atoms with Gasteiger partial charge in [0, 0.05) is 13.0 Å². The Balaban J connectivity index is 1.70. The van der Waals surface area contributed by atoms with Crippen molar-refractivity contribution in [2.75, 3.05) is 19.6 Å². The van der Waals surface area contributed by atoms with E-state index in [0.29, 0.717) is 6.42 Å². The third-order valence-electron chi connectivity index (χ3n) is 4.61. The summed E-state index contributed by atoms with van der Waals surface area (Å²) in [7, 11) is 0. The summed E-state index contributed by atoms with van der Waals surface area (Å²) in [6.07, 6.45) is 5.26. The van der Waals surface area contributed by atoms with E-state index in [2.05, 4.69) is 29.2 Å². The third-order valence-corrected chi connectivity index (χ3v) is 4.61. The minimum Gasteiger partial charge on any atom is -0.303 e. The standard InChI is InChI=1S/C16H21NO/c18-11-1-2-13-3-5-14(6-4-13)16-12-17-9-7-15(16)8-10-17/h3-6,11,15-16H,1-2,7-10,12H2. The Kier molecular flexibility index (Phi) is 3.46. The maximum Gasteiger partial charge on any atom is 0.120 e. The van der Waals surface area contributed by atoms with Crippen LogP contribution >= 0.6 is 0 Å². The van der Waals surface area contributed by atoms with E-state index in [1.807, 2.05) is 0 Å². The van der Waals surface area contributed by atoms with Crippen LogP contribution in [0.4, 0.5) is 0 Å². The van der Waals surface area contributed by atoms with Gasteiger partial charge in [-0.2, -0.15) is 0 Å². The normalized spacial score (nSPS) is 30.3. The molecular formula is C16H21NO. The first-order chi connectivity index (χ1) is 8.86. The van der Waals surface area contributed by atoms with Gasteiger partial charge >= 0.3 is 0 Å². The van der Waals surface area contributed by atoms with Gasteiger partial charge in [0.25, 0.3) is 0 Å². The summed E-state index contributed by atoms with van der Waals surface area (Å²) >= 11 is 0. The third kappa shape index (κ3) is 2.35. The number of aldehydes is 1. The highest BCUT2D eigenvalue weighted by Crippen LogP contribution is 2.38. The highest BCUT2D eigenvalue weighted by molar-refractivity contribution is 5.50. The van der Waals surface area contributed by atoms with Crippen LogP contribution in [0, 0.1) is 5.92 Å². The molecule has 0 N–H and O–H groups in total. The molecule has 0 spiro atoms. The number of nitrogens with zero attached hydrogens (tertiary/aromatic N) is 1. The lowest BCUT2D eigenvalue weighted by Gasteiger charge is -2.45. The second-order valence-electron chi connectivity index (χ2n) is 5.69. The van der Waals surface area contributed by atoms with Crippen LogP contribution in [0.5, 0.6) is 0 Å². The van der Waals surface area contributed by atoms with Gasteiger partial charge in [0.05, 0.1) is 0 Å². The quantitative estimate of drug-likeness (QED) is 0.758. The number of hydrogen-bond acceptors (Lipinski definition) is 2. The molecule has 0 radical (unpaired) electrons. The lowest BCUT2D eigenvalue weighted by molar-refractivity contribution is -0.107. The van der Waals surface area contributed by atoms with Crippen LogP contribution in [0.25, 0.3) is 0 Å². The van der Waals surface area contributed by atoms with Crippen LogP contribution in [0.3, 0.4) is 0 Å².